The molecule has 0 spiro atoms. The third-order valence-electron chi connectivity index (χ3n) is 20.4. The lowest BCUT2D eigenvalue weighted by Gasteiger charge is -2.43. The Hall–Kier alpha value is -7.03. The molecule has 11 amide bonds. The van der Waals surface area contributed by atoms with Crippen LogP contribution in [-0.4, -0.2) is 282 Å². The first-order valence-corrected chi connectivity index (χ1v) is 43.4. The number of ether oxygens (including phenoxy) is 5. The van der Waals surface area contributed by atoms with E-state index in [1.165, 1.54) is 47.1 Å². The lowest BCUT2D eigenvalue weighted by atomic mass is 9.60. The molecule has 3 aliphatic heterocycles. The van der Waals surface area contributed by atoms with Crippen molar-refractivity contribution in [3.8, 4) is 0 Å². The topological polar surface area (TPSA) is 490 Å². The van der Waals surface area contributed by atoms with Crippen LogP contribution in [0.15, 0.2) is 0 Å². The van der Waals surface area contributed by atoms with Gasteiger partial charge in [-0.3, -0.25) is 91.4 Å². The summed E-state index contributed by atoms with van der Waals surface area (Å²) < 4.78 is 26.6. The maximum Gasteiger partial charge on any atom is 0.311 e. The molecule has 0 radical (unpaired) electrons. The Balaban J connectivity index is 0.00000179. The zero-order valence-corrected chi connectivity index (χ0v) is 75.4. The van der Waals surface area contributed by atoms with Crippen molar-refractivity contribution in [2.75, 3.05) is 131 Å². The van der Waals surface area contributed by atoms with Gasteiger partial charge in [-0.25, -0.2) is 0 Å². The Morgan fingerprint density at radius 2 is 0.752 bits per heavy atom. The molecule has 10 N–H and O–H groups in total. The molecule has 0 bridgehead atoms. The molecule has 0 aromatic carbocycles. The second-order valence-electron chi connectivity index (χ2n) is 34.0. The summed E-state index contributed by atoms with van der Waals surface area (Å²) >= 11 is 3.89. The molecule has 9 atom stereocenters. The Morgan fingerprint density at radius 3 is 1.07 bits per heavy atom. The molecule has 3 fully saturated rings. The monoisotopic (exact) mass is 1720 g/mol. The van der Waals surface area contributed by atoms with E-state index in [0.717, 1.165) is 29.6 Å². The molecular formula is C80H138N8O26S3. The summed E-state index contributed by atoms with van der Waals surface area (Å²) in [5, 5.41) is 58.5. The van der Waals surface area contributed by atoms with Gasteiger partial charge in [0.15, 0.2) is 0 Å². The van der Waals surface area contributed by atoms with Crippen LogP contribution in [0.1, 0.15) is 208 Å². The first-order valence-electron chi connectivity index (χ1n) is 39.6. The van der Waals surface area contributed by atoms with Crippen molar-refractivity contribution in [1.82, 2.24) is 41.3 Å². The maximum atomic E-state index is 13.7. The molecule has 117 heavy (non-hydrogen) atoms. The standard InChI is InChI=1S/C34H59N3O10S.C32H56N2O9S.C12H19N3O5S.C2H4O2/c1-10-31(4,5)20-34(8,30(45)47-16-15-46-14-13-38)22-33(7,29(43)44)21-32(6,18-23(2)3)28(42)36-12-11-35-25(39)19-37-26(40)17-24(48-9)27(37)41;1-10-29(4,5)19-32(8,28(41)43-16-15-42-14-13-35)21-31(7,27(39)40)20-30(6,18-22(2)3)26(38)33-11-12-34-24(36)17-23(44-9)25(34)37;1-8(16)14-7-20-4-3-13-10(17)6-15-11(18)5-9(21-2)12(15)19;1-2(3)4/h23-24,38H,10-22H2,1-9H3,(H,35,39)(H,36,42)(H,43,44);22-23,35H,10-21H2,1-9H3,(H,33,38)(H,39,40);9H,3-7H2,1-2H3,(H,13,17)(H,14,16);1H3,(H,3,4). The molecule has 0 aromatic rings. The van der Waals surface area contributed by atoms with Crippen molar-refractivity contribution in [1.29, 1.82) is 0 Å². The van der Waals surface area contributed by atoms with Gasteiger partial charge in [0.05, 0.1) is 83.7 Å². The predicted octanol–water partition coefficient (Wildman–Crippen LogP) is 5.71. The van der Waals surface area contributed by atoms with E-state index in [-0.39, 0.29) is 220 Å². The summed E-state index contributed by atoms with van der Waals surface area (Å²) in [6.07, 6.45) is 8.38. The number of aliphatic hydroxyl groups excluding tert-OH is 2. The van der Waals surface area contributed by atoms with Gasteiger partial charge in [0.2, 0.25) is 65.0 Å². The van der Waals surface area contributed by atoms with Crippen LogP contribution in [0.4, 0.5) is 0 Å². The molecule has 34 nitrogen and oxygen atoms in total. The van der Waals surface area contributed by atoms with E-state index in [1.54, 1.807) is 60.3 Å². The second-order valence-corrected chi connectivity index (χ2v) is 37.2. The number of thioether (sulfide) groups is 3. The van der Waals surface area contributed by atoms with Crippen LogP contribution in [0, 0.1) is 55.2 Å². The first kappa shape index (κ1) is 110. The van der Waals surface area contributed by atoms with Crippen molar-refractivity contribution in [2.45, 2.75) is 224 Å². The number of carboxylic acids is 3. The number of hydrogen-bond acceptors (Lipinski definition) is 26. The number of hydrogen-bond donors (Lipinski definition) is 10. The fourth-order valence-electron chi connectivity index (χ4n) is 15.1. The largest absolute Gasteiger partial charge is 0.481 e. The number of esters is 2. The number of amides is 11. The molecule has 9 unspecified atom stereocenters. The van der Waals surface area contributed by atoms with Gasteiger partial charge in [0.25, 0.3) is 5.97 Å². The van der Waals surface area contributed by atoms with Crippen molar-refractivity contribution >= 4 is 130 Å². The minimum atomic E-state index is -1.50. The van der Waals surface area contributed by atoms with E-state index < -0.39 is 103 Å². The van der Waals surface area contributed by atoms with Gasteiger partial charge in [-0.05, 0) is 120 Å². The van der Waals surface area contributed by atoms with Crippen LogP contribution in [0.3, 0.4) is 0 Å². The number of nitrogens with zero attached hydrogens (tertiary/aromatic N) is 3. The number of imide groups is 3. The molecule has 0 aromatic heterocycles. The molecule has 0 saturated carbocycles. The predicted molar refractivity (Wildman–Crippen MR) is 442 cm³/mol. The van der Waals surface area contributed by atoms with E-state index in [4.69, 9.17) is 43.8 Å². The van der Waals surface area contributed by atoms with Gasteiger partial charge in [-0.1, -0.05) is 95.9 Å². The van der Waals surface area contributed by atoms with Crippen LogP contribution in [0.5, 0.6) is 0 Å². The zero-order valence-electron chi connectivity index (χ0n) is 73.0. The third kappa shape index (κ3) is 38.9. The highest BCUT2D eigenvalue weighted by molar-refractivity contribution is 8.00. The fraction of sp³-hybridized carbons (Fsp3) is 0.800. The minimum absolute atomic E-state index is 0.0298. The quantitative estimate of drug-likeness (QED) is 0.0151. The Labute approximate surface area is 703 Å². The van der Waals surface area contributed by atoms with Gasteiger partial charge < -0.3 is 75.8 Å². The van der Waals surface area contributed by atoms with Crippen LogP contribution in [-0.2, 0) is 100 Å². The highest BCUT2D eigenvalue weighted by Gasteiger charge is 2.54. The van der Waals surface area contributed by atoms with E-state index in [9.17, 15) is 82.1 Å². The van der Waals surface area contributed by atoms with Crippen LogP contribution in [0.25, 0.3) is 0 Å². The number of aliphatic hydroxyl groups is 2. The number of likely N-dealkylation sites (tertiary alicyclic amines) is 3. The lowest BCUT2D eigenvalue weighted by Crippen LogP contribution is -2.49. The molecule has 672 valence electrons. The summed E-state index contributed by atoms with van der Waals surface area (Å²) in [5.41, 5.74) is -8.21. The highest BCUT2D eigenvalue weighted by Crippen LogP contribution is 2.52. The molecule has 3 heterocycles. The van der Waals surface area contributed by atoms with Crippen LogP contribution < -0.4 is 26.6 Å². The van der Waals surface area contributed by atoms with Gasteiger partial charge in [-0.15, -0.1) is 0 Å². The number of carbonyl (C=O) groups is 16. The Bertz CT molecular complexity index is 3330. The highest BCUT2D eigenvalue weighted by atomic mass is 32.2. The summed E-state index contributed by atoms with van der Waals surface area (Å²) in [4.78, 5) is 200. The minimum Gasteiger partial charge on any atom is -0.481 e. The first-order chi connectivity index (χ1) is 54.2. The van der Waals surface area contributed by atoms with E-state index in [2.05, 4.69) is 26.6 Å². The number of aliphatic carboxylic acids is 3. The third-order valence-corrected chi connectivity index (χ3v) is 23.2. The van der Waals surface area contributed by atoms with Crippen molar-refractivity contribution < 1.29 is 126 Å². The number of carbonyl (C=O) groups excluding carboxylic acids is 13. The Kier molecular flexibility index (Phi) is 49.1. The molecule has 0 aliphatic carbocycles. The number of carboxylic acid groups (broad SMARTS) is 3. The van der Waals surface area contributed by atoms with E-state index in [0.29, 0.717) is 25.7 Å². The lowest BCUT2D eigenvalue weighted by molar-refractivity contribution is -0.167. The summed E-state index contributed by atoms with van der Waals surface area (Å²) in [6.45, 7) is 32.5. The van der Waals surface area contributed by atoms with Crippen molar-refractivity contribution in [2.24, 2.45) is 55.2 Å². The van der Waals surface area contributed by atoms with Crippen molar-refractivity contribution in [3.63, 3.8) is 0 Å². The van der Waals surface area contributed by atoms with E-state index >= 15 is 0 Å². The zero-order chi connectivity index (χ0) is 90.3. The van der Waals surface area contributed by atoms with Gasteiger partial charge in [0, 0.05) is 76.7 Å². The van der Waals surface area contributed by atoms with Gasteiger partial charge >= 0.3 is 23.9 Å². The maximum absolute atomic E-state index is 13.7. The Morgan fingerprint density at radius 1 is 0.427 bits per heavy atom. The van der Waals surface area contributed by atoms with E-state index in [1.807, 2.05) is 69.2 Å². The normalized spacial score (nSPS) is 18.7. The van der Waals surface area contributed by atoms with Crippen LogP contribution >= 0.6 is 35.3 Å². The molecule has 3 aliphatic rings. The number of rotatable bonds is 52. The number of nitrogens with one attached hydrogen (secondary N) is 5. The molecular weight excluding hydrogens is 1590 g/mol. The average molecular weight is 1720 g/mol. The molecule has 3 saturated heterocycles. The second kappa shape index (κ2) is 52.2. The molecule has 3 rings (SSSR count). The fourth-order valence-corrected chi connectivity index (χ4v) is 17.0. The van der Waals surface area contributed by atoms with Crippen LogP contribution in [0.2, 0.25) is 0 Å². The summed E-state index contributed by atoms with van der Waals surface area (Å²) in [7, 11) is 0. The average Bonchev–Trinajstić information content (AvgIpc) is 1.49. The smallest absolute Gasteiger partial charge is 0.311 e. The summed E-state index contributed by atoms with van der Waals surface area (Å²) in [5.74, 6) is -7.92. The SMILES string of the molecule is CC(=O)O.CCC(C)(C)CC(C)(CC(C)(CC(C)(CC(C)C)C(=O)NCCN1C(=O)CC(SC)C1=O)C(=O)O)C(=O)OCCOCCO.CCC(C)(C)CC(C)(CC(C)(CC(C)(CC(C)C)C(=O)NCCNC(=O)CN1C(=O)CC(SC)C1=O)C(=O)O)C(=O)OCCOCCO.CSC1CC(=O)N(CC(=O)NCCOCNC(C)=O)C1=O. The van der Waals surface area contributed by atoms with Gasteiger partial charge in [-0.2, -0.15) is 35.3 Å². The van der Waals surface area contributed by atoms with Gasteiger partial charge in [0.1, 0.15) is 33.0 Å². The molecule has 37 heteroatoms. The summed E-state index contributed by atoms with van der Waals surface area (Å²) in [6, 6.07) is 0. The van der Waals surface area contributed by atoms with Crippen molar-refractivity contribution in [3.05, 3.63) is 0 Å².